The summed E-state index contributed by atoms with van der Waals surface area (Å²) in [6, 6.07) is 17.1. The van der Waals surface area contributed by atoms with E-state index in [9.17, 15) is 4.79 Å². The minimum absolute atomic E-state index is 0.132. The smallest absolute Gasteiger partial charge is 0.220 e. The number of unbranched alkanes of at least 4 members (excludes halogenated alkanes) is 17. The van der Waals surface area contributed by atoms with Crippen molar-refractivity contribution >= 4 is 33.7 Å². The van der Waals surface area contributed by atoms with Gasteiger partial charge >= 0.3 is 0 Å². The summed E-state index contributed by atoms with van der Waals surface area (Å²) in [5.74, 6) is 2.11. The molecule has 0 saturated heterocycles. The standard InChI is InChI=1S/C46H71N5O/c1-6-8-10-11-12-13-14-15-16-17-18-19-20-21-22-23-24-30-42(52)47-35-37-31-33-38(34-32-37)36-51-41(29-9-7-2)49-43-44(51)39-27-25-26-28-40(39)48-45(43)50-46(3,4)5/h25-28,31-34H,6-24,29-30,35-36H2,1-5H3,(H,47,52)(H,48,50). The maximum Gasteiger partial charge on any atom is 0.220 e. The highest BCUT2D eigenvalue weighted by molar-refractivity contribution is 6.07. The predicted octanol–water partition coefficient (Wildman–Crippen LogP) is 12.8. The largest absolute Gasteiger partial charge is 0.364 e. The summed E-state index contributed by atoms with van der Waals surface area (Å²) < 4.78 is 2.40. The topological polar surface area (TPSA) is 71.8 Å². The zero-order valence-electron chi connectivity index (χ0n) is 33.6. The number of para-hydroxylation sites is 1. The van der Waals surface area contributed by atoms with Gasteiger partial charge in [-0.3, -0.25) is 4.79 Å². The lowest BCUT2D eigenvalue weighted by atomic mass is 10.0. The van der Waals surface area contributed by atoms with Gasteiger partial charge in [-0.2, -0.15) is 0 Å². The Kier molecular flexibility index (Phi) is 18.0. The molecule has 286 valence electrons. The molecule has 2 heterocycles. The van der Waals surface area contributed by atoms with Crippen LogP contribution in [0.2, 0.25) is 0 Å². The fourth-order valence-corrected chi connectivity index (χ4v) is 7.27. The number of nitrogens with zero attached hydrogens (tertiary/aromatic N) is 3. The van der Waals surface area contributed by atoms with Gasteiger partial charge in [-0.15, -0.1) is 0 Å². The van der Waals surface area contributed by atoms with E-state index in [0.29, 0.717) is 13.0 Å². The number of hydrogen-bond donors (Lipinski definition) is 2. The van der Waals surface area contributed by atoms with Crippen molar-refractivity contribution in [2.45, 2.75) is 188 Å². The van der Waals surface area contributed by atoms with E-state index in [1.807, 2.05) is 0 Å². The van der Waals surface area contributed by atoms with Gasteiger partial charge in [0.05, 0.1) is 11.0 Å². The van der Waals surface area contributed by atoms with Gasteiger partial charge in [0.15, 0.2) is 5.82 Å². The minimum atomic E-state index is -0.132. The van der Waals surface area contributed by atoms with Crippen LogP contribution in [0.15, 0.2) is 48.5 Å². The molecule has 0 aliphatic heterocycles. The molecule has 4 rings (SSSR count). The second kappa shape index (κ2) is 22.6. The molecule has 0 spiro atoms. The Morgan fingerprint density at radius 2 is 1.19 bits per heavy atom. The molecule has 2 aromatic carbocycles. The zero-order valence-corrected chi connectivity index (χ0v) is 33.6. The van der Waals surface area contributed by atoms with Crippen LogP contribution in [-0.4, -0.2) is 26.0 Å². The van der Waals surface area contributed by atoms with Gasteiger partial charge < -0.3 is 15.2 Å². The first kappa shape index (κ1) is 41.3. The van der Waals surface area contributed by atoms with Gasteiger partial charge in [-0.1, -0.05) is 165 Å². The van der Waals surface area contributed by atoms with E-state index in [1.54, 1.807) is 0 Å². The molecular formula is C46H71N5O. The lowest BCUT2D eigenvalue weighted by molar-refractivity contribution is -0.121. The lowest BCUT2D eigenvalue weighted by Crippen LogP contribution is -2.26. The number of aryl methyl sites for hydroxylation is 1. The first-order chi connectivity index (χ1) is 25.3. The zero-order chi connectivity index (χ0) is 37.0. The second-order valence-electron chi connectivity index (χ2n) is 16.3. The van der Waals surface area contributed by atoms with Crippen molar-refractivity contribution in [1.29, 1.82) is 0 Å². The predicted molar refractivity (Wildman–Crippen MR) is 223 cm³/mol. The molecule has 6 heteroatoms. The van der Waals surface area contributed by atoms with Crippen molar-refractivity contribution in [2.24, 2.45) is 0 Å². The van der Waals surface area contributed by atoms with E-state index in [2.05, 4.69) is 98.4 Å². The van der Waals surface area contributed by atoms with Crippen molar-refractivity contribution in [1.82, 2.24) is 19.9 Å². The molecule has 2 N–H and O–H groups in total. The number of fused-ring (bicyclic) bond motifs is 3. The SMILES string of the molecule is CCCCCCCCCCCCCCCCCCCC(=O)NCc1ccc(Cn2c(CCCC)nc3c(NC(C)(C)C)nc4ccccc4c32)cc1. The first-order valence-corrected chi connectivity index (χ1v) is 21.2. The highest BCUT2D eigenvalue weighted by Gasteiger charge is 2.21. The van der Waals surface area contributed by atoms with Crippen LogP contribution in [0.3, 0.4) is 0 Å². The number of anilines is 1. The summed E-state index contributed by atoms with van der Waals surface area (Å²) in [5.41, 5.74) is 5.29. The summed E-state index contributed by atoms with van der Waals surface area (Å²) in [6.07, 6.45) is 26.8. The van der Waals surface area contributed by atoms with Gasteiger partial charge in [0.25, 0.3) is 0 Å². The van der Waals surface area contributed by atoms with E-state index in [1.165, 1.54) is 102 Å². The van der Waals surface area contributed by atoms with Crippen LogP contribution in [0, 0.1) is 0 Å². The van der Waals surface area contributed by atoms with Crippen LogP contribution in [-0.2, 0) is 24.3 Å². The fraction of sp³-hybridized carbons (Fsp3) is 0.630. The summed E-state index contributed by atoms with van der Waals surface area (Å²) in [5, 5.41) is 7.91. The number of hydrogen-bond acceptors (Lipinski definition) is 4. The molecule has 0 radical (unpaired) electrons. The van der Waals surface area contributed by atoms with Gasteiger partial charge in [-0.05, 0) is 50.8 Å². The number of carbonyl (C=O) groups excluding carboxylic acids is 1. The van der Waals surface area contributed by atoms with E-state index in [0.717, 1.165) is 77.8 Å². The molecular weight excluding hydrogens is 639 g/mol. The number of amides is 1. The van der Waals surface area contributed by atoms with Crippen LogP contribution >= 0.6 is 0 Å². The van der Waals surface area contributed by atoms with Gasteiger partial charge in [-0.25, -0.2) is 9.97 Å². The number of imidazole rings is 1. The van der Waals surface area contributed by atoms with Crippen LogP contribution < -0.4 is 10.6 Å². The van der Waals surface area contributed by atoms with Crippen LogP contribution in [0.1, 0.15) is 180 Å². The number of nitrogens with one attached hydrogen (secondary N) is 2. The van der Waals surface area contributed by atoms with Gasteiger partial charge in [0, 0.05) is 36.9 Å². The molecule has 0 fully saturated rings. The van der Waals surface area contributed by atoms with Crippen molar-refractivity contribution in [3.8, 4) is 0 Å². The van der Waals surface area contributed by atoms with E-state index in [-0.39, 0.29) is 11.4 Å². The molecule has 1 amide bonds. The minimum Gasteiger partial charge on any atom is -0.364 e. The van der Waals surface area contributed by atoms with Crippen molar-refractivity contribution < 1.29 is 4.79 Å². The van der Waals surface area contributed by atoms with Gasteiger partial charge in [0.2, 0.25) is 5.91 Å². The Morgan fingerprint density at radius 3 is 1.77 bits per heavy atom. The van der Waals surface area contributed by atoms with Crippen LogP contribution in [0.5, 0.6) is 0 Å². The molecule has 0 saturated carbocycles. The van der Waals surface area contributed by atoms with Crippen molar-refractivity contribution in [3.63, 3.8) is 0 Å². The quantitative estimate of drug-likeness (QED) is 0.0637. The molecule has 0 bridgehead atoms. The third-order valence-corrected chi connectivity index (χ3v) is 10.3. The Balaban J connectivity index is 1.17. The Labute approximate surface area is 316 Å². The van der Waals surface area contributed by atoms with Crippen LogP contribution in [0.25, 0.3) is 21.9 Å². The molecule has 4 aromatic rings. The Hall–Kier alpha value is -3.41. The van der Waals surface area contributed by atoms with Crippen molar-refractivity contribution in [3.05, 3.63) is 65.5 Å². The Morgan fingerprint density at radius 1 is 0.654 bits per heavy atom. The van der Waals surface area contributed by atoms with Crippen LogP contribution in [0.4, 0.5) is 5.82 Å². The number of pyridine rings is 1. The summed E-state index contributed by atoms with van der Waals surface area (Å²) in [6.45, 7) is 12.3. The van der Waals surface area contributed by atoms with E-state index in [4.69, 9.17) is 9.97 Å². The van der Waals surface area contributed by atoms with Gasteiger partial charge in [0.1, 0.15) is 11.3 Å². The maximum atomic E-state index is 12.6. The molecule has 2 aromatic heterocycles. The number of rotatable bonds is 26. The molecule has 52 heavy (non-hydrogen) atoms. The maximum absolute atomic E-state index is 12.6. The number of aromatic nitrogens is 3. The summed E-state index contributed by atoms with van der Waals surface area (Å²) in [7, 11) is 0. The molecule has 6 nitrogen and oxygen atoms in total. The summed E-state index contributed by atoms with van der Waals surface area (Å²) >= 11 is 0. The third-order valence-electron chi connectivity index (χ3n) is 10.3. The fourth-order valence-electron chi connectivity index (χ4n) is 7.27. The summed E-state index contributed by atoms with van der Waals surface area (Å²) in [4.78, 5) is 22.8. The third kappa shape index (κ3) is 14.2. The van der Waals surface area contributed by atoms with Crippen molar-refractivity contribution in [2.75, 3.05) is 5.32 Å². The molecule has 0 atom stereocenters. The van der Waals surface area contributed by atoms with E-state index < -0.39 is 0 Å². The number of carbonyl (C=O) groups is 1. The second-order valence-corrected chi connectivity index (χ2v) is 16.3. The molecule has 0 aliphatic rings. The number of benzene rings is 2. The molecule has 0 aliphatic carbocycles. The normalized spacial score (nSPS) is 11.9. The van der Waals surface area contributed by atoms with E-state index >= 15 is 0 Å². The average Bonchev–Trinajstić information content (AvgIpc) is 3.49. The average molecular weight is 710 g/mol. The first-order valence-electron chi connectivity index (χ1n) is 21.2. The lowest BCUT2D eigenvalue weighted by Gasteiger charge is -2.22. The highest BCUT2D eigenvalue weighted by Crippen LogP contribution is 2.32. The molecule has 0 unspecified atom stereocenters. The highest BCUT2D eigenvalue weighted by atomic mass is 16.1. The Bertz CT molecular complexity index is 1600. The monoisotopic (exact) mass is 710 g/mol.